The first-order valence-corrected chi connectivity index (χ1v) is 9.43. The summed E-state index contributed by atoms with van der Waals surface area (Å²) in [6.45, 7) is 2.53. The molecule has 2 aliphatic heterocycles. The van der Waals surface area contributed by atoms with Gasteiger partial charge in [-0.25, -0.2) is 0 Å². The Labute approximate surface area is 173 Å². The molecule has 4 rings (SSSR count). The lowest BCUT2D eigenvalue weighted by molar-refractivity contribution is 0.143. The lowest BCUT2D eigenvalue weighted by atomic mass is 10.1. The maximum atomic E-state index is 6.21. The van der Waals surface area contributed by atoms with Crippen molar-refractivity contribution in [2.45, 2.75) is 19.7 Å². The van der Waals surface area contributed by atoms with Gasteiger partial charge in [0.05, 0.1) is 19.9 Å². The van der Waals surface area contributed by atoms with Gasteiger partial charge in [0.15, 0.2) is 11.5 Å². The second-order valence-electron chi connectivity index (χ2n) is 6.49. The number of hydrazone groups is 1. The van der Waals surface area contributed by atoms with Crippen molar-refractivity contribution < 1.29 is 19.1 Å². The van der Waals surface area contributed by atoms with Crippen LogP contribution < -0.4 is 25.7 Å². The van der Waals surface area contributed by atoms with E-state index in [1.807, 2.05) is 48.2 Å². The predicted molar refractivity (Wildman–Crippen MR) is 108 cm³/mol. The van der Waals surface area contributed by atoms with E-state index in [-0.39, 0.29) is 6.35 Å². The molecule has 0 amide bonds. The highest BCUT2D eigenvalue weighted by atomic mass is 35.5. The highest BCUT2D eigenvalue weighted by molar-refractivity contribution is 6.31. The van der Waals surface area contributed by atoms with Gasteiger partial charge in [-0.05, 0) is 54.3 Å². The Balaban J connectivity index is 1.48. The number of benzene rings is 2. The van der Waals surface area contributed by atoms with Crippen LogP contribution in [-0.4, -0.2) is 38.0 Å². The van der Waals surface area contributed by atoms with Crippen LogP contribution >= 0.6 is 11.6 Å². The van der Waals surface area contributed by atoms with Gasteiger partial charge in [0.1, 0.15) is 0 Å². The Hall–Kier alpha value is -2.72. The zero-order valence-electron chi connectivity index (χ0n) is 16.3. The lowest BCUT2D eigenvalue weighted by Gasteiger charge is -2.18. The fraction of sp³-hybridized carbons (Fsp3) is 0.316. The van der Waals surface area contributed by atoms with Gasteiger partial charge < -0.3 is 14.3 Å². The van der Waals surface area contributed by atoms with Crippen LogP contribution in [0.3, 0.4) is 0 Å². The first kappa shape index (κ1) is 19.6. The standard InChI is InChI=1S/C19H22ClN5O4/c1-12-14(20)5-4-6-15(12)25-21-18(29-23-25)24(19-22-28-19)10-9-13-7-8-16(26-2)17(11-13)27-3/h4-8,11,19,22-23H,9-10H2,1-3H3. The van der Waals surface area contributed by atoms with Crippen LogP contribution in [0.15, 0.2) is 41.5 Å². The molecule has 2 aliphatic rings. The fourth-order valence-electron chi connectivity index (χ4n) is 3.01. The van der Waals surface area contributed by atoms with Crippen molar-refractivity contribution in [1.82, 2.24) is 16.0 Å². The Morgan fingerprint density at radius 2 is 2.00 bits per heavy atom. The third kappa shape index (κ3) is 4.18. The van der Waals surface area contributed by atoms with E-state index in [2.05, 4.69) is 16.2 Å². The molecule has 1 unspecified atom stereocenters. The molecule has 0 spiro atoms. The van der Waals surface area contributed by atoms with Crippen molar-refractivity contribution in [3.63, 3.8) is 0 Å². The first-order chi connectivity index (χ1) is 14.1. The summed E-state index contributed by atoms with van der Waals surface area (Å²) in [5.41, 5.74) is 8.40. The minimum atomic E-state index is -0.295. The van der Waals surface area contributed by atoms with Gasteiger partial charge in [0.25, 0.3) is 0 Å². The molecule has 9 nitrogen and oxygen atoms in total. The van der Waals surface area contributed by atoms with Crippen molar-refractivity contribution in [1.29, 1.82) is 0 Å². The topological polar surface area (TPSA) is 93.0 Å². The van der Waals surface area contributed by atoms with Crippen LogP contribution in [0.25, 0.3) is 0 Å². The van der Waals surface area contributed by atoms with Gasteiger partial charge in [-0.2, -0.15) is 5.12 Å². The number of hydrazine groups is 1. The number of hydrogen-bond donors (Lipinski definition) is 2. The number of nitrogens with zero attached hydrogens (tertiary/aromatic N) is 3. The van der Waals surface area contributed by atoms with Crippen LogP contribution in [0.4, 0.5) is 5.69 Å². The van der Waals surface area contributed by atoms with Gasteiger partial charge in [0, 0.05) is 11.6 Å². The third-order valence-electron chi connectivity index (χ3n) is 4.72. The number of ether oxygens (including phenoxy) is 2. The van der Waals surface area contributed by atoms with E-state index in [4.69, 9.17) is 30.7 Å². The maximum Gasteiger partial charge on any atom is 0.336 e. The Morgan fingerprint density at radius 3 is 2.72 bits per heavy atom. The summed E-state index contributed by atoms with van der Waals surface area (Å²) in [5, 5.41) is 6.72. The summed E-state index contributed by atoms with van der Waals surface area (Å²) in [5.74, 6) is 1.39. The first-order valence-electron chi connectivity index (χ1n) is 9.05. The summed E-state index contributed by atoms with van der Waals surface area (Å²) in [6.07, 6.45) is 0.427. The molecular weight excluding hydrogens is 398 g/mol. The lowest BCUT2D eigenvalue weighted by Crippen LogP contribution is -2.38. The highest BCUT2D eigenvalue weighted by Gasteiger charge is 2.37. The van der Waals surface area contributed by atoms with Crippen molar-refractivity contribution in [2.75, 3.05) is 25.9 Å². The smallest absolute Gasteiger partial charge is 0.336 e. The quantitative estimate of drug-likeness (QED) is 0.661. The van der Waals surface area contributed by atoms with Crippen LogP contribution in [0.2, 0.25) is 5.02 Å². The highest BCUT2D eigenvalue weighted by Crippen LogP contribution is 2.29. The molecule has 0 aliphatic carbocycles. The van der Waals surface area contributed by atoms with Crippen molar-refractivity contribution in [3.05, 3.63) is 52.5 Å². The second kappa shape index (κ2) is 8.34. The molecular formula is C19H22ClN5O4. The average Bonchev–Trinajstić information content (AvgIpc) is 3.46. The monoisotopic (exact) mass is 419 g/mol. The summed E-state index contributed by atoms with van der Waals surface area (Å²) in [4.78, 5) is 12.7. The molecule has 2 heterocycles. The molecule has 0 radical (unpaired) electrons. The maximum absolute atomic E-state index is 6.21. The Kier molecular flexibility index (Phi) is 5.63. The molecule has 2 aromatic rings. The number of halogens is 1. The zero-order chi connectivity index (χ0) is 20.4. The number of hydroxylamine groups is 1. The molecule has 2 N–H and O–H groups in total. The van der Waals surface area contributed by atoms with E-state index in [0.717, 1.165) is 23.2 Å². The Morgan fingerprint density at radius 1 is 1.21 bits per heavy atom. The van der Waals surface area contributed by atoms with Crippen molar-refractivity contribution >= 4 is 23.3 Å². The molecule has 10 heteroatoms. The number of rotatable bonds is 7. The SMILES string of the molecule is COc1ccc(CCN(C2=NN(c3cccc(Cl)c3C)NO2)C2NO2)cc1OC. The van der Waals surface area contributed by atoms with Crippen LogP contribution in [0.1, 0.15) is 11.1 Å². The molecule has 1 fully saturated rings. The second-order valence-corrected chi connectivity index (χ2v) is 6.90. The predicted octanol–water partition coefficient (Wildman–Crippen LogP) is 2.56. The van der Waals surface area contributed by atoms with E-state index < -0.39 is 0 Å². The fourth-order valence-corrected chi connectivity index (χ4v) is 3.18. The van der Waals surface area contributed by atoms with E-state index >= 15 is 0 Å². The van der Waals surface area contributed by atoms with Gasteiger partial charge >= 0.3 is 6.02 Å². The number of hydrogen-bond acceptors (Lipinski definition) is 9. The number of nitrogens with one attached hydrogen (secondary N) is 2. The van der Waals surface area contributed by atoms with Crippen molar-refractivity contribution in [3.8, 4) is 11.5 Å². The van der Waals surface area contributed by atoms with E-state index in [9.17, 15) is 0 Å². The molecule has 29 heavy (non-hydrogen) atoms. The molecule has 2 aromatic carbocycles. The van der Waals surface area contributed by atoms with Gasteiger partial charge in [-0.3, -0.25) is 9.74 Å². The summed E-state index contributed by atoms with van der Waals surface area (Å²) in [7, 11) is 3.24. The zero-order valence-corrected chi connectivity index (χ0v) is 17.1. The van der Waals surface area contributed by atoms with Gasteiger partial charge in [-0.15, -0.1) is 5.48 Å². The van der Waals surface area contributed by atoms with E-state index in [1.165, 1.54) is 0 Å². The minimum absolute atomic E-state index is 0.295. The van der Waals surface area contributed by atoms with E-state index in [1.54, 1.807) is 19.3 Å². The van der Waals surface area contributed by atoms with Gasteiger partial charge in [-0.1, -0.05) is 28.8 Å². The number of methoxy groups -OCH3 is 2. The van der Waals surface area contributed by atoms with Crippen LogP contribution in [0.5, 0.6) is 11.5 Å². The normalized spacial score (nSPS) is 17.6. The van der Waals surface area contributed by atoms with Gasteiger partial charge in [0.2, 0.25) is 6.35 Å². The molecule has 1 saturated heterocycles. The molecule has 1 atom stereocenters. The average molecular weight is 420 g/mol. The third-order valence-corrected chi connectivity index (χ3v) is 5.13. The Bertz CT molecular complexity index is 921. The number of amidine groups is 1. The van der Waals surface area contributed by atoms with Crippen LogP contribution in [-0.2, 0) is 16.1 Å². The molecule has 154 valence electrons. The van der Waals surface area contributed by atoms with E-state index in [0.29, 0.717) is 29.1 Å². The summed E-state index contributed by atoms with van der Waals surface area (Å²) < 4.78 is 10.7. The number of anilines is 1. The minimum Gasteiger partial charge on any atom is -0.493 e. The molecule has 0 bridgehead atoms. The molecule has 0 saturated carbocycles. The molecule has 0 aromatic heterocycles. The largest absolute Gasteiger partial charge is 0.493 e. The summed E-state index contributed by atoms with van der Waals surface area (Å²) >= 11 is 6.21. The van der Waals surface area contributed by atoms with Crippen LogP contribution in [0, 0.1) is 6.92 Å². The van der Waals surface area contributed by atoms with Crippen molar-refractivity contribution in [2.24, 2.45) is 5.10 Å². The summed E-state index contributed by atoms with van der Waals surface area (Å²) in [6, 6.07) is 11.8.